The number of nitrogens with one attached hydrogen (secondary N) is 1. The lowest BCUT2D eigenvalue weighted by Gasteiger charge is -2.47. The van der Waals surface area contributed by atoms with E-state index >= 15 is 0 Å². The Kier molecular flexibility index (Phi) is 4.14. The van der Waals surface area contributed by atoms with Crippen molar-refractivity contribution >= 4 is 5.95 Å². The van der Waals surface area contributed by atoms with E-state index in [0.29, 0.717) is 11.5 Å². The van der Waals surface area contributed by atoms with E-state index in [9.17, 15) is 0 Å². The van der Waals surface area contributed by atoms with E-state index in [2.05, 4.69) is 32.2 Å². The number of rotatable bonds is 3. The number of hydrogen-bond donors (Lipinski definition) is 1. The molecule has 3 rings (SSSR count). The van der Waals surface area contributed by atoms with Gasteiger partial charge in [-0.3, -0.25) is 10.3 Å². The van der Waals surface area contributed by atoms with Gasteiger partial charge in [-0.05, 0) is 25.8 Å². The van der Waals surface area contributed by atoms with Crippen molar-refractivity contribution in [2.24, 2.45) is 0 Å². The van der Waals surface area contributed by atoms with Crippen LogP contribution in [0, 0.1) is 0 Å². The van der Waals surface area contributed by atoms with Crippen LogP contribution in [0.25, 0.3) is 0 Å². The second-order valence-corrected chi connectivity index (χ2v) is 5.77. The maximum absolute atomic E-state index is 5.49. The molecule has 0 atom stereocenters. The fraction of sp³-hybridized carbons (Fsp3) is 0.714. The molecule has 0 aliphatic carbocycles. The first kappa shape index (κ1) is 13.7. The molecule has 2 aliphatic rings. The molecule has 1 aromatic rings. The Hall–Kier alpha value is -1.24. The summed E-state index contributed by atoms with van der Waals surface area (Å²) in [5.41, 5.74) is 3.59. The Balaban J connectivity index is 1.52. The second kappa shape index (κ2) is 6.03. The largest absolute Gasteiger partial charge is 0.381 e. The van der Waals surface area contributed by atoms with Gasteiger partial charge in [-0.15, -0.1) is 0 Å². The summed E-state index contributed by atoms with van der Waals surface area (Å²) in [6, 6.07) is 1.83. The normalized spacial score (nSPS) is 24.4. The minimum Gasteiger partial charge on any atom is -0.381 e. The van der Waals surface area contributed by atoms with Crippen LogP contribution in [0.15, 0.2) is 18.5 Å². The van der Waals surface area contributed by atoms with Crippen molar-refractivity contribution in [3.8, 4) is 0 Å². The van der Waals surface area contributed by atoms with Gasteiger partial charge in [0.05, 0.1) is 0 Å². The van der Waals surface area contributed by atoms with E-state index in [4.69, 9.17) is 4.74 Å². The third kappa shape index (κ3) is 3.08. The van der Waals surface area contributed by atoms with Gasteiger partial charge in [-0.2, -0.15) is 0 Å². The van der Waals surface area contributed by atoms with Gasteiger partial charge in [0.25, 0.3) is 0 Å². The van der Waals surface area contributed by atoms with E-state index in [0.717, 1.165) is 52.2 Å². The molecule has 6 heteroatoms. The van der Waals surface area contributed by atoms with Crippen molar-refractivity contribution in [2.75, 3.05) is 44.8 Å². The molecule has 0 saturated carbocycles. The summed E-state index contributed by atoms with van der Waals surface area (Å²) in [5.74, 6) is 0.679. The third-order valence-electron chi connectivity index (χ3n) is 4.44. The molecule has 0 amide bonds. The summed E-state index contributed by atoms with van der Waals surface area (Å²) < 4.78 is 5.49. The molecule has 2 fully saturated rings. The molecule has 0 aromatic carbocycles. The number of ether oxygens (including phenoxy) is 1. The van der Waals surface area contributed by atoms with Crippen molar-refractivity contribution < 1.29 is 4.74 Å². The van der Waals surface area contributed by atoms with E-state index in [1.54, 1.807) is 12.4 Å². The van der Waals surface area contributed by atoms with Crippen LogP contribution in [-0.4, -0.2) is 64.8 Å². The monoisotopic (exact) mass is 277 g/mol. The second-order valence-electron chi connectivity index (χ2n) is 5.77. The number of nitrogens with zero attached hydrogens (tertiary/aromatic N) is 4. The Morgan fingerprint density at radius 2 is 1.75 bits per heavy atom. The quantitative estimate of drug-likeness (QED) is 0.889. The van der Waals surface area contributed by atoms with Gasteiger partial charge in [0, 0.05) is 57.3 Å². The lowest BCUT2D eigenvalue weighted by molar-refractivity contribution is -0.0351. The first-order valence-electron chi connectivity index (χ1n) is 7.38. The number of hydrazine groups is 1. The van der Waals surface area contributed by atoms with Crippen LogP contribution < -0.4 is 5.43 Å². The molecule has 6 nitrogen and oxygen atoms in total. The highest BCUT2D eigenvalue weighted by atomic mass is 16.5. The van der Waals surface area contributed by atoms with E-state index in [1.165, 1.54) is 0 Å². The van der Waals surface area contributed by atoms with Crippen LogP contribution >= 0.6 is 0 Å². The molecule has 0 spiro atoms. The highest BCUT2D eigenvalue weighted by Gasteiger charge is 2.35. The highest BCUT2D eigenvalue weighted by molar-refractivity contribution is 5.20. The summed E-state index contributed by atoms with van der Waals surface area (Å²) >= 11 is 0. The van der Waals surface area contributed by atoms with Crippen LogP contribution in [0.1, 0.15) is 19.8 Å². The van der Waals surface area contributed by atoms with Crippen LogP contribution in [-0.2, 0) is 4.74 Å². The average molecular weight is 277 g/mol. The van der Waals surface area contributed by atoms with Crippen molar-refractivity contribution in [3.63, 3.8) is 0 Å². The molecular weight excluding hydrogens is 254 g/mol. The number of piperazine rings is 1. The molecule has 2 aliphatic heterocycles. The maximum atomic E-state index is 5.49. The fourth-order valence-corrected chi connectivity index (χ4v) is 2.98. The van der Waals surface area contributed by atoms with Crippen molar-refractivity contribution in [1.29, 1.82) is 0 Å². The van der Waals surface area contributed by atoms with Gasteiger partial charge in [-0.25, -0.2) is 15.0 Å². The summed E-state index contributed by atoms with van der Waals surface area (Å²) in [4.78, 5) is 11.0. The molecule has 3 heterocycles. The Bertz CT molecular complexity index is 413. The summed E-state index contributed by atoms with van der Waals surface area (Å²) in [7, 11) is 0. The molecule has 0 unspecified atom stereocenters. The number of aromatic nitrogens is 2. The zero-order valence-electron chi connectivity index (χ0n) is 12.1. The Morgan fingerprint density at radius 1 is 1.10 bits per heavy atom. The third-order valence-corrected chi connectivity index (χ3v) is 4.44. The van der Waals surface area contributed by atoms with E-state index in [-0.39, 0.29) is 0 Å². The van der Waals surface area contributed by atoms with Gasteiger partial charge in [0.2, 0.25) is 5.95 Å². The molecule has 2 saturated heterocycles. The fourth-order valence-electron chi connectivity index (χ4n) is 2.98. The molecule has 1 N–H and O–H groups in total. The molecule has 110 valence electrons. The van der Waals surface area contributed by atoms with E-state index < -0.39 is 0 Å². The van der Waals surface area contributed by atoms with Crippen LogP contribution in [0.4, 0.5) is 5.95 Å². The zero-order valence-corrected chi connectivity index (χ0v) is 12.1. The Morgan fingerprint density at radius 3 is 2.40 bits per heavy atom. The first-order chi connectivity index (χ1) is 9.76. The minimum atomic E-state index is 0.313. The Labute approximate surface area is 120 Å². The van der Waals surface area contributed by atoms with Crippen molar-refractivity contribution in [1.82, 2.24) is 19.9 Å². The molecule has 1 aromatic heterocycles. The van der Waals surface area contributed by atoms with Gasteiger partial charge in [-0.1, -0.05) is 0 Å². The summed E-state index contributed by atoms with van der Waals surface area (Å²) in [5, 5.41) is 2.20. The number of hydrogen-bond acceptors (Lipinski definition) is 6. The van der Waals surface area contributed by atoms with Crippen LogP contribution in [0.5, 0.6) is 0 Å². The lowest BCUT2D eigenvalue weighted by Crippen LogP contribution is -2.58. The topological polar surface area (TPSA) is 53.5 Å². The maximum Gasteiger partial charge on any atom is 0.237 e. The van der Waals surface area contributed by atoms with Gasteiger partial charge in [0.1, 0.15) is 0 Å². The molecule has 0 radical (unpaired) electrons. The van der Waals surface area contributed by atoms with Crippen LogP contribution in [0.2, 0.25) is 0 Å². The van der Waals surface area contributed by atoms with Gasteiger partial charge in [0.15, 0.2) is 0 Å². The SMILES string of the molecule is CC1(N2CCN(Nc3ncccn3)CC2)CCOCC1. The van der Waals surface area contributed by atoms with Crippen molar-refractivity contribution in [2.45, 2.75) is 25.3 Å². The molecule has 20 heavy (non-hydrogen) atoms. The zero-order chi connectivity index (χ0) is 13.8. The number of anilines is 1. The standard InChI is InChI=1S/C14H23N5O/c1-14(3-11-20-12-4-14)18-7-9-19(10-8-18)17-13-15-5-2-6-16-13/h2,5-6H,3-4,7-12H2,1H3,(H,15,16,17). The van der Waals surface area contributed by atoms with Crippen molar-refractivity contribution in [3.05, 3.63) is 18.5 Å². The van der Waals surface area contributed by atoms with Gasteiger partial charge >= 0.3 is 0 Å². The predicted octanol–water partition coefficient (Wildman–Crippen LogP) is 0.990. The van der Waals surface area contributed by atoms with Gasteiger partial charge < -0.3 is 4.74 Å². The highest BCUT2D eigenvalue weighted by Crippen LogP contribution is 2.28. The summed E-state index contributed by atoms with van der Waals surface area (Å²) in [6.07, 6.45) is 5.80. The van der Waals surface area contributed by atoms with Crippen LogP contribution in [0.3, 0.4) is 0 Å². The lowest BCUT2D eigenvalue weighted by atomic mass is 9.90. The summed E-state index contributed by atoms with van der Waals surface area (Å²) in [6.45, 7) is 8.31. The molecule has 0 bridgehead atoms. The minimum absolute atomic E-state index is 0.313. The predicted molar refractivity (Wildman–Crippen MR) is 77.3 cm³/mol. The average Bonchev–Trinajstić information content (AvgIpc) is 2.50. The molecular formula is C14H23N5O. The van der Waals surface area contributed by atoms with E-state index in [1.807, 2.05) is 6.07 Å². The first-order valence-corrected chi connectivity index (χ1v) is 7.38. The smallest absolute Gasteiger partial charge is 0.237 e.